The Morgan fingerprint density at radius 2 is 1.62 bits per heavy atom. The van der Waals surface area contributed by atoms with Crippen LogP contribution in [0.3, 0.4) is 0 Å². The molecule has 0 aliphatic carbocycles. The number of anilines is 1. The second-order valence-electron chi connectivity index (χ2n) is 3.94. The van der Waals surface area contributed by atoms with Crippen LogP contribution < -0.4 is 4.90 Å². The van der Waals surface area contributed by atoms with Crippen molar-refractivity contribution in [3.8, 4) is 0 Å². The molecule has 3 rings (SSSR count). The number of hydrogen-bond donors (Lipinski definition) is 0. The van der Waals surface area contributed by atoms with E-state index >= 15 is 0 Å². The third-order valence-corrected chi connectivity index (χ3v) is 2.87. The number of aromatic nitrogens is 1. The molecule has 0 saturated carbocycles. The molecule has 1 aromatic heterocycles. The predicted octanol–water partition coefficient (Wildman–Crippen LogP) is 2.74. The first-order valence-corrected chi connectivity index (χ1v) is 5.27. The Bertz CT molecular complexity index is 500. The summed E-state index contributed by atoms with van der Waals surface area (Å²) in [6.45, 7) is 1.62. The standard InChI is InChI=1S/C13H11FN2/c14-12-6-3-7-13(15-12)16-8-10-4-1-2-5-11(10)9-16/h1-7H,8-9H2. The fourth-order valence-corrected chi connectivity index (χ4v) is 2.07. The minimum absolute atomic E-state index is 0.423. The number of halogens is 1. The molecule has 16 heavy (non-hydrogen) atoms. The lowest BCUT2D eigenvalue weighted by Gasteiger charge is -2.15. The van der Waals surface area contributed by atoms with E-state index in [9.17, 15) is 4.39 Å². The number of hydrogen-bond acceptors (Lipinski definition) is 2. The maximum absolute atomic E-state index is 13.0. The molecule has 0 unspecified atom stereocenters. The lowest BCUT2D eigenvalue weighted by molar-refractivity contribution is 0.581. The van der Waals surface area contributed by atoms with Crippen molar-refractivity contribution in [2.24, 2.45) is 0 Å². The van der Waals surface area contributed by atoms with Gasteiger partial charge in [-0.3, -0.25) is 0 Å². The van der Waals surface area contributed by atoms with Crippen LogP contribution in [-0.2, 0) is 13.1 Å². The molecule has 0 fully saturated rings. The van der Waals surface area contributed by atoms with Crippen LogP contribution in [0, 0.1) is 5.95 Å². The van der Waals surface area contributed by atoms with E-state index in [4.69, 9.17) is 0 Å². The number of nitrogens with zero attached hydrogens (tertiary/aromatic N) is 2. The molecule has 0 amide bonds. The van der Waals surface area contributed by atoms with Crippen molar-refractivity contribution in [2.45, 2.75) is 13.1 Å². The van der Waals surface area contributed by atoms with Crippen LogP contribution in [-0.4, -0.2) is 4.98 Å². The molecule has 2 heterocycles. The third-order valence-electron chi connectivity index (χ3n) is 2.87. The van der Waals surface area contributed by atoms with Crippen LogP contribution in [0.1, 0.15) is 11.1 Å². The van der Waals surface area contributed by atoms with Crippen molar-refractivity contribution in [1.29, 1.82) is 0 Å². The minimum atomic E-state index is -0.423. The summed E-state index contributed by atoms with van der Waals surface area (Å²) < 4.78 is 13.0. The van der Waals surface area contributed by atoms with Crippen molar-refractivity contribution in [2.75, 3.05) is 4.90 Å². The molecule has 0 N–H and O–H groups in total. The molecule has 1 aliphatic rings. The first kappa shape index (κ1) is 9.33. The lowest BCUT2D eigenvalue weighted by atomic mass is 10.1. The molecule has 0 spiro atoms. The monoisotopic (exact) mass is 214 g/mol. The molecule has 0 radical (unpaired) electrons. The maximum atomic E-state index is 13.0. The van der Waals surface area contributed by atoms with Gasteiger partial charge in [0.2, 0.25) is 5.95 Å². The normalized spacial score (nSPS) is 13.9. The molecule has 1 aromatic carbocycles. The number of rotatable bonds is 1. The molecule has 80 valence electrons. The largest absolute Gasteiger partial charge is 0.348 e. The Morgan fingerprint density at radius 3 is 2.25 bits per heavy atom. The van der Waals surface area contributed by atoms with Crippen molar-refractivity contribution in [1.82, 2.24) is 4.98 Å². The summed E-state index contributed by atoms with van der Waals surface area (Å²) in [7, 11) is 0. The van der Waals surface area contributed by atoms with Crippen LogP contribution in [0.4, 0.5) is 10.2 Å². The second-order valence-corrected chi connectivity index (χ2v) is 3.94. The zero-order valence-electron chi connectivity index (χ0n) is 8.73. The van der Waals surface area contributed by atoms with Crippen LogP contribution in [0.5, 0.6) is 0 Å². The van der Waals surface area contributed by atoms with Gasteiger partial charge in [-0.2, -0.15) is 4.39 Å². The summed E-state index contributed by atoms with van der Waals surface area (Å²) in [5.41, 5.74) is 2.60. The zero-order valence-corrected chi connectivity index (χ0v) is 8.73. The topological polar surface area (TPSA) is 16.1 Å². The zero-order chi connectivity index (χ0) is 11.0. The van der Waals surface area contributed by atoms with Crippen LogP contribution >= 0.6 is 0 Å². The Kier molecular flexibility index (Phi) is 2.10. The number of pyridine rings is 1. The average molecular weight is 214 g/mol. The highest BCUT2D eigenvalue weighted by molar-refractivity contribution is 5.46. The number of fused-ring (bicyclic) bond motifs is 1. The average Bonchev–Trinajstić information content (AvgIpc) is 2.72. The smallest absolute Gasteiger partial charge is 0.214 e. The number of benzene rings is 1. The van der Waals surface area contributed by atoms with E-state index in [1.807, 2.05) is 18.2 Å². The molecule has 0 bridgehead atoms. The first-order valence-electron chi connectivity index (χ1n) is 5.27. The van der Waals surface area contributed by atoms with E-state index in [-0.39, 0.29) is 0 Å². The molecule has 2 nitrogen and oxygen atoms in total. The highest BCUT2D eigenvalue weighted by Gasteiger charge is 2.19. The van der Waals surface area contributed by atoms with Crippen LogP contribution in [0.25, 0.3) is 0 Å². The fraction of sp³-hybridized carbons (Fsp3) is 0.154. The van der Waals surface area contributed by atoms with Crippen molar-refractivity contribution in [3.63, 3.8) is 0 Å². The van der Waals surface area contributed by atoms with Gasteiger partial charge >= 0.3 is 0 Å². The summed E-state index contributed by atoms with van der Waals surface area (Å²) in [6.07, 6.45) is 0. The van der Waals surface area contributed by atoms with E-state index in [1.165, 1.54) is 17.2 Å². The Hall–Kier alpha value is -1.90. The molecule has 1 aliphatic heterocycles. The van der Waals surface area contributed by atoms with Gasteiger partial charge in [-0.25, -0.2) is 4.98 Å². The van der Waals surface area contributed by atoms with E-state index in [0.29, 0.717) is 5.82 Å². The second kappa shape index (κ2) is 3.59. The molecule has 0 atom stereocenters. The Labute approximate surface area is 93.4 Å². The highest BCUT2D eigenvalue weighted by Crippen LogP contribution is 2.26. The summed E-state index contributed by atoms with van der Waals surface area (Å²) in [5, 5.41) is 0. The van der Waals surface area contributed by atoms with Gasteiger partial charge < -0.3 is 4.90 Å². The van der Waals surface area contributed by atoms with Gasteiger partial charge in [0.1, 0.15) is 5.82 Å². The molecule has 2 aromatic rings. The van der Waals surface area contributed by atoms with Gasteiger partial charge in [0.05, 0.1) is 0 Å². The Morgan fingerprint density at radius 1 is 0.938 bits per heavy atom. The van der Waals surface area contributed by atoms with E-state index in [1.54, 1.807) is 6.07 Å². The molecular formula is C13H11FN2. The van der Waals surface area contributed by atoms with Crippen LogP contribution in [0.15, 0.2) is 42.5 Å². The quantitative estimate of drug-likeness (QED) is 0.678. The maximum Gasteiger partial charge on any atom is 0.214 e. The first-order chi connectivity index (χ1) is 7.83. The van der Waals surface area contributed by atoms with Gasteiger partial charge in [-0.05, 0) is 23.3 Å². The predicted molar refractivity (Wildman–Crippen MR) is 60.5 cm³/mol. The fourth-order valence-electron chi connectivity index (χ4n) is 2.07. The highest BCUT2D eigenvalue weighted by atomic mass is 19.1. The van der Waals surface area contributed by atoms with Gasteiger partial charge in [0.15, 0.2) is 0 Å². The summed E-state index contributed by atoms with van der Waals surface area (Å²) in [5.74, 6) is 0.282. The van der Waals surface area contributed by atoms with Crippen molar-refractivity contribution in [3.05, 3.63) is 59.5 Å². The summed E-state index contributed by atoms with van der Waals surface area (Å²) in [4.78, 5) is 5.97. The SMILES string of the molecule is Fc1cccc(N2Cc3ccccc3C2)n1. The molecular weight excluding hydrogens is 203 g/mol. The van der Waals surface area contributed by atoms with Crippen molar-refractivity contribution < 1.29 is 4.39 Å². The minimum Gasteiger partial charge on any atom is -0.348 e. The summed E-state index contributed by atoms with van der Waals surface area (Å²) in [6, 6.07) is 13.2. The van der Waals surface area contributed by atoms with Gasteiger partial charge in [-0.15, -0.1) is 0 Å². The summed E-state index contributed by atoms with van der Waals surface area (Å²) >= 11 is 0. The van der Waals surface area contributed by atoms with Gasteiger partial charge in [0, 0.05) is 13.1 Å². The van der Waals surface area contributed by atoms with Gasteiger partial charge in [-0.1, -0.05) is 30.3 Å². The Balaban J connectivity index is 1.91. The molecule has 0 saturated heterocycles. The van der Waals surface area contributed by atoms with E-state index < -0.39 is 5.95 Å². The third kappa shape index (κ3) is 1.54. The van der Waals surface area contributed by atoms with E-state index in [2.05, 4.69) is 22.0 Å². The molecule has 3 heteroatoms. The van der Waals surface area contributed by atoms with E-state index in [0.717, 1.165) is 13.1 Å². The van der Waals surface area contributed by atoms with Crippen LogP contribution in [0.2, 0.25) is 0 Å². The van der Waals surface area contributed by atoms with Gasteiger partial charge in [0.25, 0.3) is 0 Å². The lowest BCUT2D eigenvalue weighted by Crippen LogP contribution is -2.16. The van der Waals surface area contributed by atoms with Crippen molar-refractivity contribution >= 4 is 5.82 Å².